The predicted octanol–water partition coefficient (Wildman–Crippen LogP) is 3.90. The van der Waals surface area contributed by atoms with Gasteiger partial charge in [-0.1, -0.05) is 31.5 Å². The Hall–Kier alpha value is -1.32. The summed E-state index contributed by atoms with van der Waals surface area (Å²) in [7, 11) is 0. The first kappa shape index (κ1) is 14.6. The maximum absolute atomic E-state index is 5.91. The van der Waals surface area contributed by atoms with Crippen LogP contribution in [0.1, 0.15) is 43.9 Å². The highest BCUT2D eigenvalue weighted by Gasteiger charge is 2.19. The van der Waals surface area contributed by atoms with Gasteiger partial charge in [0, 0.05) is 17.5 Å². The lowest BCUT2D eigenvalue weighted by atomic mass is 9.98. The highest BCUT2D eigenvalue weighted by Crippen LogP contribution is 2.28. The van der Waals surface area contributed by atoms with Gasteiger partial charge in [0.05, 0.1) is 6.54 Å². The normalized spacial score (nSPS) is 20.8. The third-order valence-corrected chi connectivity index (χ3v) is 4.87. The fourth-order valence-corrected chi connectivity index (χ4v) is 3.50. The molecule has 1 unspecified atom stereocenters. The molecule has 1 atom stereocenters. The van der Waals surface area contributed by atoms with Gasteiger partial charge < -0.3 is 10.2 Å². The summed E-state index contributed by atoms with van der Waals surface area (Å²) in [5.41, 5.74) is 8.14. The Bertz CT molecular complexity index is 590. The van der Waals surface area contributed by atoms with Gasteiger partial charge in [0.2, 0.25) is 0 Å². The monoisotopic (exact) mass is 286 g/mol. The average molecular weight is 286 g/mol. The summed E-state index contributed by atoms with van der Waals surface area (Å²) in [4.78, 5) is 2.58. The molecule has 2 N–H and O–H groups in total. The molecule has 0 bridgehead atoms. The SMILES string of the molecule is CCC1CCCN(Cc2c(CN)oc3ccccc23)CC1. The summed E-state index contributed by atoms with van der Waals surface area (Å²) in [5, 5.41) is 1.23. The maximum Gasteiger partial charge on any atom is 0.134 e. The Morgan fingerprint density at radius 2 is 2.10 bits per heavy atom. The smallest absolute Gasteiger partial charge is 0.134 e. The van der Waals surface area contributed by atoms with Gasteiger partial charge in [-0.3, -0.25) is 4.90 Å². The second-order valence-electron chi connectivity index (χ2n) is 6.19. The van der Waals surface area contributed by atoms with Crippen molar-refractivity contribution in [3.63, 3.8) is 0 Å². The summed E-state index contributed by atoms with van der Waals surface area (Å²) >= 11 is 0. The Morgan fingerprint density at radius 3 is 2.90 bits per heavy atom. The quantitative estimate of drug-likeness (QED) is 0.926. The summed E-state index contributed by atoms with van der Waals surface area (Å²) in [6.45, 7) is 6.16. The van der Waals surface area contributed by atoms with E-state index in [4.69, 9.17) is 10.2 Å². The molecule has 1 saturated heterocycles. The molecular formula is C18H26N2O. The topological polar surface area (TPSA) is 42.4 Å². The first-order chi connectivity index (χ1) is 10.3. The van der Waals surface area contributed by atoms with Crippen molar-refractivity contribution in [2.24, 2.45) is 11.7 Å². The number of hydrogen-bond donors (Lipinski definition) is 1. The van der Waals surface area contributed by atoms with Crippen LogP contribution in [0.3, 0.4) is 0 Å². The van der Waals surface area contributed by atoms with E-state index in [0.29, 0.717) is 6.54 Å². The van der Waals surface area contributed by atoms with Crippen LogP contribution in [0.2, 0.25) is 0 Å². The Kier molecular flexibility index (Phi) is 4.61. The van der Waals surface area contributed by atoms with Gasteiger partial charge in [-0.25, -0.2) is 0 Å². The van der Waals surface area contributed by atoms with Gasteiger partial charge in [-0.2, -0.15) is 0 Å². The largest absolute Gasteiger partial charge is 0.459 e. The van der Waals surface area contributed by atoms with Crippen LogP contribution in [-0.2, 0) is 13.1 Å². The molecule has 114 valence electrons. The zero-order valence-electron chi connectivity index (χ0n) is 13.0. The van der Waals surface area contributed by atoms with Gasteiger partial charge in [0.15, 0.2) is 0 Å². The minimum absolute atomic E-state index is 0.482. The maximum atomic E-state index is 5.91. The zero-order valence-corrected chi connectivity index (χ0v) is 13.0. The van der Waals surface area contributed by atoms with Crippen molar-refractivity contribution in [1.82, 2.24) is 4.90 Å². The lowest BCUT2D eigenvalue weighted by molar-refractivity contribution is 0.270. The number of furan rings is 1. The van der Waals surface area contributed by atoms with Crippen LogP contribution < -0.4 is 5.73 Å². The molecule has 0 spiro atoms. The van der Waals surface area contributed by atoms with Crippen molar-refractivity contribution < 1.29 is 4.42 Å². The second-order valence-corrected chi connectivity index (χ2v) is 6.19. The molecule has 1 aromatic carbocycles. The van der Waals surface area contributed by atoms with Crippen molar-refractivity contribution in [1.29, 1.82) is 0 Å². The molecule has 2 aromatic rings. The standard InChI is InChI=1S/C18H26N2O/c1-2-14-6-5-10-20(11-9-14)13-16-15-7-3-4-8-17(15)21-18(16)12-19/h3-4,7-8,14H,2,5-6,9-13,19H2,1H3. The molecule has 1 fully saturated rings. The lowest BCUT2D eigenvalue weighted by Gasteiger charge is -2.20. The minimum atomic E-state index is 0.482. The number of nitrogens with zero attached hydrogens (tertiary/aromatic N) is 1. The molecule has 3 nitrogen and oxygen atoms in total. The van der Waals surface area contributed by atoms with Crippen LogP contribution >= 0.6 is 0 Å². The van der Waals surface area contributed by atoms with Gasteiger partial charge in [-0.05, 0) is 44.3 Å². The van der Waals surface area contributed by atoms with E-state index in [-0.39, 0.29) is 0 Å². The van der Waals surface area contributed by atoms with Crippen molar-refractivity contribution in [2.45, 2.75) is 45.7 Å². The van der Waals surface area contributed by atoms with Crippen molar-refractivity contribution >= 4 is 11.0 Å². The fourth-order valence-electron chi connectivity index (χ4n) is 3.50. The molecular weight excluding hydrogens is 260 g/mol. The van der Waals surface area contributed by atoms with Crippen LogP contribution in [0.4, 0.5) is 0 Å². The van der Waals surface area contributed by atoms with E-state index >= 15 is 0 Å². The van der Waals surface area contributed by atoms with Gasteiger partial charge in [0.1, 0.15) is 11.3 Å². The molecule has 0 radical (unpaired) electrons. The predicted molar refractivity (Wildman–Crippen MR) is 87.0 cm³/mol. The van der Waals surface area contributed by atoms with Crippen molar-refractivity contribution in [3.8, 4) is 0 Å². The van der Waals surface area contributed by atoms with Crippen molar-refractivity contribution in [2.75, 3.05) is 13.1 Å². The molecule has 0 aliphatic carbocycles. The molecule has 0 saturated carbocycles. The number of likely N-dealkylation sites (tertiary alicyclic amines) is 1. The highest BCUT2D eigenvalue weighted by atomic mass is 16.3. The first-order valence-corrected chi connectivity index (χ1v) is 8.23. The number of rotatable bonds is 4. The summed E-state index contributed by atoms with van der Waals surface area (Å²) in [5.74, 6) is 1.86. The molecule has 0 amide bonds. The Labute approximate surface area is 127 Å². The fraction of sp³-hybridized carbons (Fsp3) is 0.556. The lowest BCUT2D eigenvalue weighted by Crippen LogP contribution is -2.24. The molecule has 2 heterocycles. The molecule has 1 aromatic heterocycles. The van der Waals surface area contributed by atoms with E-state index in [1.807, 2.05) is 12.1 Å². The molecule has 3 rings (SSSR count). The van der Waals surface area contributed by atoms with E-state index < -0.39 is 0 Å². The second kappa shape index (κ2) is 6.63. The molecule has 3 heteroatoms. The van der Waals surface area contributed by atoms with Gasteiger partial charge in [0.25, 0.3) is 0 Å². The first-order valence-electron chi connectivity index (χ1n) is 8.23. The van der Waals surface area contributed by atoms with Crippen LogP contribution in [-0.4, -0.2) is 18.0 Å². The van der Waals surface area contributed by atoms with Crippen LogP contribution in [0.15, 0.2) is 28.7 Å². The summed E-state index contributed by atoms with van der Waals surface area (Å²) in [6, 6.07) is 8.29. The molecule has 1 aliphatic rings. The number of fused-ring (bicyclic) bond motifs is 1. The summed E-state index contributed by atoms with van der Waals surface area (Å²) in [6.07, 6.45) is 5.33. The van der Waals surface area contributed by atoms with E-state index in [1.54, 1.807) is 0 Å². The number of hydrogen-bond acceptors (Lipinski definition) is 3. The molecule has 1 aliphatic heterocycles. The zero-order chi connectivity index (χ0) is 14.7. The number of para-hydroxylation sites is 1. The van der Waals surface area contributed by atoms with Crippen LogP contribution in [0.25, 0.3) is 11.0 Å². The van der Waals surface area contributed by atoms with Crippen LogP contribution in [0, 0.1) is 5.92 Å². The van der Waals surface area contributed by atoms with E-state index in [0.717, 1.165) is 23.8 Å². The van der Waals surface area contributed by atoms with E-state index in [1.165, 1.54) is 49.7 Å². The van der Waals surface area contributed by atoms with Crippen LogP contribution in [0.5, 0.6) is 0 Å². The Morgan fingerprint density at radius 1 is 1.24 bits per heavy atom. The minimum Gasteiger partial charge on any atom is -0.459 e. The molecule has 21 heavy (non-hydrogen) atoms. The number of benzene rings is 1. The van der Waals surface area contributed by atoms with E-state index in [2.05, 4.69) is 24.0 Å². The summed E-state index contributed by atoms with van der Waals surface area (Å²) < 4.78 is 5.91. The third kappa shape index (κ3) is 3.14. The highest BCUT2D eigenvalue weighted by molar-refractivity contribution is 5.82. The number of nitrogens with two attached hydrogens (primary N) is 1. The Balaban J connectivity index is 1.80. The average Bonchev–Trinajstić information content (AvgIpc) is 2.71. The third-order valence-electron chi connectivity index (χ3n) is 4.87. The van der Waals surface area contributed by atoms with Gasteiger partial charge in [-0.15, -0.1) is 0 Å². The van der Waals surface area contributed by atoms with E-state index in [9.17, 15) is 0 Å². The van der Waals surface area contributed by atoms with Gasteiger partial charge >= 0.3 is 0 Å². The van der Waals surface area contributed by atoms with Crippen molar-refractivity contribution in [3.05, 3.63) is 35.6 Å².